The van der Waals surface area contributed by atoms with E-state index < -0.39 is 35.7 Å². The van der Waals surface area contributed by atoms with Gasteiger partial charge in [-0.3, -0.25) is 4.79 Å². The molecule has 2 unspecified atom stereocenters. The Bertz CT molecular complexity index is 644. The number of pyridine rings is 1. The van der Waals surface area contributed by atoms with Crippen LogP contribution in [0.2, 0.25) is 0 Å². The van der Waals surface area contributed by atoms with Gasteiger partial charge in [-0.2, -0.15) is 4.39 Å². The van der Waals surface area contributed by atoms with Crippen LogP contribution in [0.1, 0.15) is 27.7 Å². The number of aromatic nitrogens is 1. The maximum atomic E-state index is 12.9. The summed E-state index contributed by atoms with van der Waals surface area (Å²) >= 11 is 0. The lowest BCUT2D eigenvalue weighted by atomic mass is 10.1. The summed E-state index contributed by atoms with van der Waals surface area (Å²) in [6.07, 6.45) is -1.08. The number of hydrogen-bond acceptors (Lipinski definition) is 8. The first-order valence-electron chi connectivity index (χ1n) is 8.33. The highest BCUT2D eigenvalue weighted by molar-refractivity contribution is 5.83. The number of carbonyl (C=O) groups excluding carboxylic acids is 3. The first-order valence-corrected chi connectivity index (χ1v) is 8.33. The number of likely N-dealkylation sites (N-methyl/N-ethyl adjacent to an activating group) is 1. The molecule has 0 N–H and O–H groups in total. The van der Waals surface area contributed by atoms with Crippen molar-refractivity contribution in [3.8, 4) is 0 Å². The van der Waals surface area contributed by atoms with Crippen LogP contribution >= 0.6 is 0 Å². The number of ether oxygens (including phenoxy) is 3. The Morgan fingerprint density at radius 1 is 1.33 bits per heavy atom. The normalized spacial score (nSPS) is 13.4. The highest BCUT2D eigenvalue weighted by atomic mass is 19.1. The van der Waals surface area contributed by atoms with E-state index in [9.17, 15) is 18.8 Å². The summed E-state index contributed by atoms with van der Waals surface area (Å²) in [5.74, 6) is -2.20. The van der Waals surface area contributed by atoms with Crippen molar-refractivity contribution < 1.29 is 33.0 Å². The van der Waals surface area contributed by atoms with Gasteiger partial charge in [0.25, 0.3) is 0 Å². The minimum atomic E-state index is -1.50. The second kappa shape index (κ2) is 9.96. The van der Waals surface area contributed by atoms with Gasteiger partial charge in [0.05, 0.1) is 18.5 Å². The van der Waals surface area contributed by atoms with Crippen LogP contribution in [-0.2, 0) is 28.6 Å². The standard InChI is InChI=1S/C18H25FN2O6/c1-12(23)26-16(17(24)27-18(2,3)4)14(11-22)25-9-8-21(5)13-6-7-15(19)20-10-13/h6-7,10-11,14,16H,8-9H2,1-5H3. The van der Waals surface area contributed by atoms with E-state index in [1.807, 2.05) is 0 Å². The lowest BCUT2D eigenvalue weighted by molar-refractivity contribution is -0.184. The summed E-state index contributed by atoms with van der Waals surface area (Å²) in [4.78, 5) is 40.2. The molecule has 1 aromatic rings. The van der Waals surface area contributed by atoms with Gasteiger partial charge in [-0.1, -0.05) is 0 Å². The van der Waals surface area contributed by atoms with Gasteiger partial charge in [0.1, 0.15) is 5.60 Å². The number of aldehydes is 1. The van der Waals surface area contributed by atoms with Crippen molar-refractivity contribution in [1.82, 2.24) is 4.98 Å². The number of rotatable bonds is 9. The fraction of sp³-hybridized carbons (Fsp3) is 0.556. The van der Waals surface area contributed by atoms with Gasteiger partial charge in [0.2, 0.25) is 12.1 Å². The second-order valence-electron chi connectivity index (χ2n) is 6.80. The predicted molar refractivity (Wildman–Crippen MR) is 94.7 cm³/mol. The molecule has 0 spiro atoms. The summed E-state index contributed by atoms with van der Waals surface area (Å²) in [6, 6.07) is 2.77. The van der Waals surface area contributed by atoms with E-state index in [0.717, 1.165) is 6.92 Å². The van der Waals surface area contributed by atoms with Gasteiger partial charge in [0.15, 0.2) is 12.4 Å². The molecule has 0 aliphatic carbocycles. The lowest BCUT2D eigenvalue weighted by Gasteiger charge is -2.27. The maximum absolute atomic E-state index is 12.9. The Labute approximate surface area is 157 Å². The fourth-order valence-electron chi connectivity index (χ4n) is 2.03. The third-order valence-corrected chi connectivity index (χ3v) is 3.25. The van der Waals surface area contributed by atoms with E-state index in [1.54, 1.807) is 38.8 Å². The molecule has 0 saturated heterocycles. The molecular formula is C18H25FN2O6. The Kier molecular flexibility index (Phi) is 8.30. The van der Waals surface area contributed by atoms with Crippen LogP contribution in [0, 0.1) is 5.95 Å². The monoisotopic (exact) mass is 384 g/mol. The number of anilines is 1. The third-order valence-electron chi connectivity index (χ3n) is 3.25. The summed E-state index contributed by atoms with van der Waals surface area (Å²) in [7, 11) is 1.73. The smallest absolute Gasteiger partial charge is 0.351 e. The van der Waals surface area contributed by atoms with Crippen molar-refractivity contribution in [2.45, 2.75) is 45.5 Å². The Hall–Kier alpha value is -2.55. The molecule has 8 nitrogen and oxygen atoms in total. The first-order chi connectivity index (χ1) is 12.5. The minimum absolute atomic E-state index is 0.0395. The number of halogens is 1. The quantitative estimate of drug-likeness (QED) is 0.359. The molecule has 0 aromatic carbocycles. The molecule has 1 heterocycles. The number of nitrogens with zero attached hydrogens (tertiary/aromatic N) is 2. The molecule has 1 rings (SSSR count). The van der Waals surface area contributed by atoms with Crippen molar-refractivity contribution in [3.05, 3.63) is 24.3 Å². The molecular weight excluding hydrogens is 359 g/mol. The Morgan fingerprint density at radius 3 is 2.48 bits per heavy atom. The molecule has 0 fully saturated rings. The highest BCUT2D eigenvalue weighted by Crippen LogP contribution is 2.14. The Morgan fingerprint density at radius 2 is 2.00 bits per heavy atom. The zero-order valence-corrected chi connectivity index (χ0v) is 16.1. The molecule has 27 heavy (non-hydrogen) atoms. The van der Waals surface area contributed by atoms with Gasteiger partial charge in [-0.15, -0.1) is 0 Å². The van der Waals surface area contributed by atoms with Crippen molar-refractivity contribution in [2.75, 3.05) is 25.1 Å². The van der Waals surface area contributed by atoms with Gasteiger partial charge in [0, 0.05) is 20.5 Å². The average molecular weight is 384 g/mol. The predicted octanol–water partition coefficient (Wildman–Crippen LogP) is 1.51. The lowest BCUT2D eigenvalue weighted by Crippen LogP contribution is -2.44. The van der Waals surface area contributed by atoms with Crippen LogP contribution in [0.3, 0.4) is 0 Å². The Balaban J connectivity index is 2.71. The zero-order chi connectivity index (χ0) is 20.6. The molecule has 9 heteroatoms. The molecule has 0 saturated carbocycles. The molecule has 2 atom stereocenters. The molecule has 0 aliphatic rings. The molecule has 150 valence electrons. The molecule has 0 bridgehead atoms. The first kappa shape index (κ1) is 22.5. The van der Waals surface area contributed by atoms with Crippen LogP contribution in [0.15, 0.2) is 18.3 Å². The molecule has 1 aromatic heterocycles. The number of hydrogen-bond donors (Lipinski definition) is 0. The average Bonchev–Trinajstić information content (AvgIpc) is 2.55. The summed E-state index contributed by atoms with van der Waals surface area (Å²) in [5.41, 5.74) is -0.176. The van der Waals surface area contributed by atoms with Gasteiger partial charge in [-0.05, 0) is 32.9 Å². The summed E-state index contributed by atoms with van der Waals surface area (Å²) in [6.45, 7) is 6.43. The fourth-order valence-corrected chi connectivity index (χ4v) is 2.03. The van der Waals surface area contributed by atoms with E-state index in [2.05, 4.69) is 4.98 Å². The van der Waals surface area contributed by atoms with Crippen LogP contribution in [0.5, 0.6) is 0 Å². The second-order valence-corrected chi connectivity index (χ2v) is 6.80. The third kappa shape index (κ3) is 8.12. The topological polar surface area (TPSA) is 95.0 Å². The molecule has 0 amide bonds. The van der Waals surface area contributed by atoms with E-state index >= 15 is 0 Å². The summed E-state index contributed by atoms with van der Waals surface area (Å²) < 4.78 is 28.4. The summed E-state index contributed by atoms with van der Waals surface area (Å²) in [5, 5.41) is 0. The van der Waals surface area contributed by atoms with Crippen LogP contribution in [0.4, 0.5) is 10.1 Å². The van der Waals surface area contributed by atoms with Crippen molar-refractivity contribution in [3.63, 3.8) is 0 Å². The van der Waals surface area contributed by atoms with Gasteiger partial charge < -0.3 is 23.9 Å². The zero-order valence-electron chi connectivity index (χ0n) is 16.1. The number of esters is 2. The van der Waals surface area contributed by atoms with E-state index in [-0.39, 0.29) is 6.61 Å². The SMILES string of the molecule is CC(=O)OC(C(=O)OC(C)(C)C)C(C=O)OCCN(C)c1ccc(F)nc1. The van der Waals surface area contributed by atoms with Crippen LogP contribution < -0.4 is 4.90 Å². The van der Waals surface area contributed by atoms with Crippen LogP contribution in [-0.4, -0.2) is 61.2 Å². The van der Waals surface area contributed by atoms with E-state index in [0.29, 0.717) is 18.5 Å². The highest BCUT2D eigenvalue weighted by Gasteiger charge is 2.35. The van der Waals surface area contributed by atoms with Gasteiger partial charge in [-0.25, -0.2) is 9.78 Å². The van der Waals surface area contributed by atoms with Crippen molar-refractivity contribution in [1.29, 1.82) is 0 Å². The van der Waals surface area contributed by atoms with Crippen molar-refractivity contribution in [2.24, 2.45) is 0 Å². The molecule has 0 radical (unpaired) electrons. The van der Waals surface area contributed by atoms with Crippen LogP contribution in [0.25, 0.3) is 0 Å². The van der Waals surface area contributed by atoms with E-state index in [4.69, 9.17) is 14.2 Å². The minimum Gasteiger partial charge on any atom is -0.457 e. The van der Waals surface area contributed by atoms with Gasteiger partial charge >= 0.3 is 11.9 Å². The largest absolute Gasteiger partial charge is 0.457 e. The van der Waals surface area contributed by atoms with E-state index in [1.165, 1.54) is 12.3 Å². The maximum Gasteiger partial charge on any atom is 0.351 e. The molecule has 0 aliphatic heterocycles. The number of carbonyl (C=O) groups is 3. The van der Waals surface area contributed by atoms with Crippen molar-refractivity contribution >= 4 is 23.9 Å².